The maximum atomic E-state index is 6.13. The molecule has 0 spiro atoms. The molecule has 2 unspecified atom stereocenters. The fourth-order valence-electron chi connectivity index (χ4n) is 4.11. The quantitative estimate of drug-likeness (QED) is 0.637. The van der Waals surface area contributed by atoms with Gasteiger partial charge in [-0.1, -0.05) is 51.9 Å². The first kappa shape index (κ1) is 15.3. The molecule has 2 nitrogen and oxygen atoms in total. The van der Waals surface area contributed by atoms with Crippen molar-refractivity contribution in [1.29, 1.82) is 0 Å². The van der Waals surface area contributed by atoms with E-state index in [1.54, 1.807) is 0 Å². The Bertz CT molecular complexity index is 227. The molecule has 2 atom stereocenters. The molecule has 0 aromatic carbocycles. The Labute approximate surface area is 120 Å². The molecule has 2 heterocycles. The van der Waals surface area contributed by atoms with E-state index in [9.17, 15) is 0 Å². The van der Waals surface area contributed by atoms with Gasteiger partial charge < -0.3 is 5.73 Å². The fourth-order valence-corrected chi connectivity index (χ4v) is 4.11. The molecule has 112 valence electrons. The van der Waals surface area contributed by atoms with Crippen molar-refractivity contribution >= 4 is 0 Å². The summed E-state index contributed by atoms with van der Waals surface area (Å²) in [5.74, 6) is 0. The van der Waals surface area contributed by atoms with Gasteiger partial charge in [0.2, 0.25) is 0 Å². The van der Waals surface area contributed by atoms with Crippen LogP contribution >= 0.6 is 0 Å². The normalized spacial score (nSPS) is 30.9. The Morgan fingerprint density at radius 2 is 1.37 bits per heavy atom. The van der Waals surface area contributed by atoms with E-state index in [2.05, 4.69) is 11.8 Å². The minimum Gasteiger partial charge on any atom is -0.328 e. The predicted octanol–water partition coefficient (Wildman–Crippen LogP) is 4.08. The van der Waals surface area contributed by atoms with Crippen molar-refractivity contribution < 1.29 is 0 Å². The molecular weight excluding hydrogens is 232 g/mol. The van der Waals surface area contributed by atoms with Gasteiger partial charge in [0.15, 0.2) is 0 Å². The van der Waals surface area contributed by atoms with Crippen molar-refractivity contribution in [2.75, 3.05) is 6.54 Å². The van der Waals surface area contributed by atoms with Gasteiger partial charge >= 0.3 is 0 Å². The number of piperidine rings is 1. The second kappa shape index (κ2) is 8.26. The lowest BCUT2D eigenvalue weighted by Crippen LogP contribution is -2.47. The summed E-state index contributed by atoms with van der Waals surface area (Å²) >= 11 is 0. The van der Waals surface area contributed by atoms with Crippen LogP contribution in [0.5, 0.6) is 0 Å². The lowest BCUT2D eigenvalue weighted by atomic mass is 9.97. The van der Waals surface area contributed by atoms with E-state index in [0.29, 0.717) is 6.04 Å². The molecule has 2 aliphatic heterocycles. The summed E-state index contributed by atoms with van der Waals surface area (Å²) in [6.07, 6.45) is 16.8. The Kier molecular flexibility index (Phi) is 6.66. The largest absolute Gasteiger partial charge is 0.328 e. The van der Waals surface area contributed by atoms with Gasteiger partial charge in [0.05, 0.1) is 0 Å². The highest BCUT2D eigenvalue weighted by Gasteiger charge is 2.38. The van der Waals surface area contributed by atoms with E-state index in [-0.39, 0.29) is 0 Å². The molecule has 2 heteroatoms. The molecule has 0 saturated carbocycles. The van der Waals surface area contributed by atoms with Crippen LogP contribution in [0.3, 0.4) is 0 Å². The number of hydrogen-bond acceptors (Lipinski definition) is 2. The van der Waals surface area contributed by atoms with Crippen LogP contribution < -0.4 is 5.73 Å². The molecule has 2 bridgehead atoms. The average molecular weight is 266 g/mol. The first-order valence-corrected chi connectivity index (χ1v) is 8.82. The van der Waals surface area contributed by atoms with E-state index in [1.165, 1.54) is 83.6 Å². The Balaban J connectivity index is 1.50. The van der Waals surface area contributed by atoms with E-state index in [4.69, 9.17) is 5.73 Å². The highest BCUT2D eigenvalue weighted by atomic mass is 15.2. The van der Waals surface area contributed by atoms with E-state index in [1.807, 2.05) is 0 Å². The van der Waals surface area contributed by atoms with Crippen LogP contribution in [-0.2, 0) is 0 Å². The summed E-state index contributed by atoms with van der Waals surface area (Å²) in [4.78, 5) is 2.79. The lowest BCUT2D eigenvalue weighted by Gasteiger charge is -2.37. The fraction of sp³-hybridized carbons (Fsp3) is 1.00. The van der Waals surface area contributed by atoms with Crippen molar-refractivity contribution in [2.45, 2.75) is 102 Å². The van der Waals surface area contributed by atoms with Crippen molar-refractivity contribution in [3.05, 3.63) is 0 Å². The van der Waals surface area contributed by atoms with Gasteiger partial charge in [-0.2, -0.15) is 0 Å². The summed E-state index contributed by atoms with van der Waals surface area (Å²) in [7, 11) is 0. The van der Waals surface area contributed by atoms with Crippen molar-refractivity contribution in [3.63, 3.8) is 0 Å². The molecule has 2 saturated heterocycles. The zero-order chi connectivity index (χ0) is 13.5. The average Bonchev–Trinajstić information content (AvgIpc) is 2.64. The van der Waals surface area contributed by atoms with Gasteiger partial charge in [0.25, 0.3) is 0 Å². The molecule has 2 aliphatic rings. The number of fused-ring (bicyclic) bond motifs is 2. The van der Waals surface area contributed by atoms with E-state index in [0.717, 1.165) is 12.1 Å². The monoisotopic (exact) mass is 266 g/mol. The van der Waals surface area contributed by atoms with Crippen LogP contribution in [0, 0.1) is 0 Å². The Morgan fingerprint density at radius 1 is 0.842 bits per heavy atom. The van der Waals surface area contributed by atoms with Crippen LogP contribution in [0.15, 0.2) is 0 Å². The molecule has 2 fully saturated rings. The zero-order valence-electron chi connectivity index (χ0n) is 12.9. The van der Waals surface area contributed by atoms with Crippen molar-refractivity contribution in [1.82, 2.24) is 4.90 Å². The van der Waals surface area contributed by atoms with Gasteiger partial charge in [-0.05, 0) is 38.6 Å². The second-order valence-corrected chi connectivity index (χ2v) is 6.83. The third-order valence-electron chi connectivity index (χ3n) is 5.19. The summed E-state index contributed by atoms with van der Waals surface area (Å²) in [6.45, 7) is 3.63. The van der Waals surface area contributed by atoms with E-state index < -0.39 is 0 Å². The van der Waals surface area contributed by atoms with Crippen LogP contribution in [0.1, 0.15) is 84.0 Å². The van der Waals surface area contributed by atoms with Crippen molar-refractivity contribution in [2.24, 2.45) is 5.73 Å². The van der Waals surface area contributed by atoms with Gasteiger partial charge in [0.1, 0.15) is 0 Å². The number of nitrogens with two attached hydrogens (primary N) is 1. The maximum Gasteiger partial charge on any atom is 0.0113 e. The molecule has 19 heavy (non-hydrogen) atoms. The molecule has 0 amide bonds. The number of unbranched alkanes of at least 4 members (excludes halogenated alkanes) is 7. The second-order valence-electron chi connectivity index (χ2n) is 6.83. The first-order valence-electron chi connectivity index (χ1n) is 8.82. The Hall–Kier alpha value is -0.0800. The molecule has 2 rings (SSSR count). The SMILES string of the molecule is CCCCCCCCCCN1C2CCC1CC(N)C2. The molecule has 2 N–H and O–H groups in total. The van der Waals surface area contributed by atoms with Gasteiger partial charge in [-0.25, -0.2) is 0 Å². The van der Waals surface area contributed by atoms with Gasteiger partial charge in [0, 0.05) is 18.1 Å². The van der Waals surface area contributed by atoms with Gasteiger partial charge in [-0.15, -0.1) is 0 Å². The van der Waals surface area contributed by atoms with Crippen LogP contribution in [0.4, 0.5) is 0 Å². The van der Waals surface area contributed by atoms with Crippen LogP contribution in [0.25, 0.3) is 0 Å². The predicted molar refractivity (Wildman–Crippen MR) is 83.3 cm³/mol. The van der Waals surface area contributed by atoms with Gasteiger partial charge in [-0.3, -0.25) is 4.90 Å². The standard InChI is InChI=1S/C17H34N2/c1-2-3-4-5-6-7-8-9-12-19-16-10-11-17(19)14-15(18)13-16/h15-17H,2-14,18H2,1H3. The summed E-state index contributed by atoms with van der Waals surface area (Å²) in [5, 5.41) is 0. The lowest BCUT2D eigenvalue weighted by molar-refractivity contribution is 0.125. The number of hydrogen-bond donors (Lipinski definition) is 1. The zero-order valence-corrected chi connectivity index (χ0v) is 12.9. The first-order chi connectivity index (χ1) is 9.31. The molecular formula is C17H34N2. The summed E-state index contributed by atoms with van der Waals surface area (Å²) in [6, 6.07) is 2.16. The number of nitrogens with zero attached hydrogens (tertiary/aromatic N) is 1. The van der Waals surface area contributed by atoms with Crippen LogP contribution in [-0.4, -0.2) is 29.6 Å². The topological polar surface area (TPSA) is 29.3 Å². The maximum absolute atomic E-state index is 6.13. The third-order valence-corrected chi connectivity index (χ3v) is 5.19. The molecule has 0 aromatic rings. The minimum absolute atomic E-state index is 0.493. The molecule has 0 radical (unpaired) electrons. The van der Waals surface area contributed by atoms with Crippen LogP contribution in [0.2, 0.25) is 0 Å². The van der Waals surface area contributed by atoms with E-state index >= 15 is 0 Å². The minimum atomic E-state index is 0.493. The Morgan fingerprint density at radius 3 is 1.95 bits per heavy atom. The third kappa shape index (κ3) is 4.75. The smallest absolute Gasteiger partial charge is 0.0113 e. The highest BCUT2D eigenvalue weighted by Crippen LogP contribution is 2.35. The van der Waals surface area contributed by atoms with Crippen molar-refractivity contribution in [3.8, 4) is 0 Å². The summed E-state index contributed by atoms with van der Waals surface area (Å²) < 4.78 is 0. The molecule has 0 aliphatic carbocycles. The highest BCUT2D eigenvalue weighted by molar-refractivity contribution is 4.96. The molecule has 0 aromatic heterocycles. The number of rotatable bonds is 9. The summed E-state index contributed by atoms with van der Waals surface area (Å²) in [5.41, 5.74) is 6.13.